The maximum absolute atomic E-state index is 13.3. The monoisotopic (exact) mass is 424 g/mol. The van der Waals surface area contributed by atoms with Gasteiger partial charge in [0, 0.05) is 17.1 Å². The van der Waals surface area contributed by atoms with Crippen LogP contribution in [0.2, 0.25) is 0 Å². The summed E-state index contributed by atoms with van der Waals surface area (Å²) in [5.74, 6) is 0.0361. The van der Waals surface area contributed by atoms with Crippen LogP contribution in [0.3, 0.4) is 0 Å². The van der Waals surface area contributed by atoms with Gasteiger partial charge in [0.05, 0.1) is 0 Å². The first-order chi connectivity index (χ1) is 13.7. The fourth-order valence-electron chi connectivity index (χ4n) is 4.78. The van der Waals surface area contributed by atoms with Crippen LogP contribution < -0.4 is 0 Å². The van der Waals surface area contributed by atoms with Crippen molar-refractivity contribution in [2.45, 2.75) is 88.7 Å². The third kappa shape index (κ3) is 5.22. The van der Waals surface area contributed by atoms with Crippen LogP contribution in [0.25, 0.3) is 0 Å². The van der Waals surface area contributed by atoms with Crippen molar-refractivity contribution in [3.8, 4) is 0 Å². The second-order valence-electron chi connectivity index (χ2n) is 13.5. The number of carbonyl (C=O) groups is 1. The van der Waals surface area contributed by atoms with E-state index >= 15 is 0 Å². The number of carbonyl (C=O) groups excluding carboxylic acids is 1. The third-order valence-electron chi connectivity index (χ3n) is 6.33. The summed E-state index contributed by atoms with van der Waals surface area (Å²) < 4.78 is 0. The number of hydrogen-bond donors (Lipinski definition) is 1. The van der Waals surface area contributed by atoms with Crippen LogP contribution in [0, 0.1) is 27.6 Å². The van der Waals surface area contributed by atoms with E-state index in [1.165, 1.54) is 0 Å². The average Bonchev–Trinajstić information content (AvgIpc) is 2.51. The molecule has 2 nitrogen and oxygen atoms in total. The average molecular weight is 425 g/mol. The van der Waals surface area contributed by atoms with Gasteiger partial charge < -0.3 is 5.11 Å². The van der Waals surface area contributed by atoms with Crippen LogP contribution in [0.4, 0.5) is 0 Å². The molecule has 2 aliphatic carbocycles. The van der Waals surface area contributed by atoms with Gasteiger partial charge in [-0.05, 0) is 51.0 Å². The molecule has 0 bridgehead atoms. The van der Waals surface area contributed by atoms with Crippen molar-refractivity contribution in [2.24, 2.45) is 27.6 Å². The molecule has 0 aromatic rings. The Labute approximate surface area is 190 Å². The summed E-state index contributed by atoms with van der Waals surface area (Å²) in [6, 6.07) is 0. The zero-order valence-electron chi connectivity index (χ0n) is 21.9. The Morgan fingerprint density at radius 3 is 1.61 bits per heavy atom. The molecule has 2 rings (SSSR count). The van der Waals surface area contributed by atoms with Crippen LogP contribution in [-0.4, -0.2) is 16.5 Å². The molecule has 31 heavy (non-hydrogen) atoms. The zero-order valence-corrected chi connectivity index (χ0v) is 21.9. The Kier molecular flexibility index (Phi) is 6.38. The maximum atomic E-state index is 13.3. The third-order valence-corrected chi connectivity index (χ3v) is 6.33. The molecule has 0 saturated carbocycles. The number of Topliss-reactive ketones (excluding diaryl/α,β-unsaturated/α-hetero) is 1. The van der Waals surface area contributed by atoms with Crippen molar-refractivity contribution in [3.63, 3.8) is 0 Å². The lowest BCUT2D eigenvalue weighted by Crippen LogP contribution is -2.48. The predicted octanol–water partition coefficient (Wildman–Crippen LogP) is 7.38. The topological polar surface area (TPSA) is 37.3 Å². The van der Waals surface area contributed by atoms with Crippen molar-refractivity contribution in [3.05, 3.63) is 58.7 Å². The van der Waals surface area contributed by atoms with E-state index < -0.39 is 5.60 Å². The summed E-state index contributed by atoms with van der Waals surface area (Å²) in [7, 11) is 0. The maximum Gasteiger partial charge on any atom is 0.186 e. The minimum Gasteiger partial charge on any atom is -0.381 e. The molecule has 0 aromatic heterocycles. The number of aliphatic hydroxyl groups is 1. The molecule has 0 heterocycles. The predicted molar refractivity (Wildman–Crippen MR) is 133 cm³/mol. The van der Waals surface area contributed by atoms with Gasteiger partial charge in [-0.1, -0.05) is 101 Å². The second-order valence-corrected chi connectivity index (χ2v) is 13.5. The molecule has 0 fully saturated rings. The van der Waals surface area contributed by atoms with E-state index in [-0.39, 0.29) is 33.4 Å². The van der Waals surface area contributed by atoms with Crippen molar-refractivity contribution in [2.75, 3.05) is 0 Å². The quantitative estimate of drug-likeness (QED) is 0.477. The van der Waals surface area contributed by atoms with Gasteiger partial charge in [-0.2, -0.15) is 0 Å². The van der Waals surface area contributed by atoms with Gasteiger partial charge in [-0.15, -0.1) is 0 Å². The van der Waals surface area contributed by atoms with E-state index in [9.17, 15) is 9.90 Å². The Balaban J connectivity index is 2.83. The molecule has 0 amide bonds. The Hall–Kier alpha value is -1.67. The van der Waals surface area contributed by atoms with E-state index in [1.54, 1.807) is 0 Å². The molecule has 0 radical (unpaired) electrons. The van der Waals surface area contributed by atoms with E-state index in [0.29, 0.717) is 0 Å². The summed E-state index contributed by atoms with van der Waals surface area (Å²) in [4.78, 5) is 13.3. The molecule has 0 aliphatic heterocycles. The lowest BCUT2D eigenvalue weighted by atomic mass is 9.60. The summed E-state index contributed by atoms with van der Waals surface area (Å²) in [5.41, 5.74) is 1.50. The highest BCUT2D eigenvalue weighted by Gasteiger charge is 2.48. The molecule has 0 saturated heterocycles. The first-order valence-corrected chi connectivity index (χ1v) is 11.5. The highest BCUT2D eigenvalue weighted by molar-refractivity contribution is 6.11. The van der Waals surface area contributed by atoms with E-state index in [4.69, 9.17) is 0 Å². The van der Waals surface area contributed by atoms with E-state index in [0.717, 1.165) is 22.3 Å². The minimum atomic E-state index is -1.14. The Morgan fingerprint density at radius 2 is 1.26 bits per heavy atom. The summed E-state index contributed by atoms with van der Waals surface area (Å²) in [6.07, 6.45) is 12.3. The highest BCUT2D eigenvalue weighted by atomic mass is 16.3. The first kappa shape index (κ1) is 25.6. The SMILES string of the molecule is CC(C)(C)C1=CC(=CC2(O)C(C(C)(C)C)=CC=CC2C(C)(C)C)C=C(C(C)(C)C)C1=O. The van der Waals surface area contributed by atoms with Gasteiger partial charge in [0.25, 0.3) is 0 Å². The number of allylic oxidation sites excluding steroid dienone is 7. The Morgan fingerprint density at radius 1 is 0.806 bits per heavy atom. The molecule has 1 N–H and O–H groups in total. The van der Waals surface area contributed by atoms with Gasteiger partial charge in [0.1, 0.15) is 5.60 Å². The standard InChI is InChI=1S/C29H44O2/c1-25(2,3)20-16-19(17-21(24(20)30)26(4,5)6)18-29(31)22(27(7,8)9)14-13-15-23(29)28(10,11)12/h13-18,22,31H,1-12H3. The minimum absolute atomic E-state index is 0.0812. The van der Waals surface area contributed by atoms with Crippen LogP contribution in [0.15, 0.2) is 58.7 Å². The van der Waals surface area contributed by atoms with Gasteiger partial charge >= 0.3 is 0 Å². The van der Waals surface area contributed by atoms with Crippen molar-refractivity contribution < 1.29 is 9.90 Å². The fraction of sp³-hybridized carbons (Fsp3) is 0.621. The molecular formula is C29H44O2. The molecule has 0 spiro atoms. The lowest BCUT2D eigenvalue weighted by molar-refractivity contribution is -0.114. The van der Waals surface area contributed by atoms with Gasteiger partial charge in [-0.3, -0.25) is 4.79 Å². The second kappa shape index (κ2) is 7.73. The molecule has 2 unspecified atom stereocenters. The summed E-state index contributed by atoms with van der Waals surface area (Å²) in [5, 5.41) is 12.3. The molecule has 0 aromatic carbocycles. The van der Waals surface area contributed by atoms with Gasteiger partial charge in [0.2, 0.25) is 0 Å². The lowest BCUT2D eigenvalue weighted by Gasteiger charge is -2.47. The molecule has 2 aliphatic rings. The molecule has 2 heteroatoms. The number of hydrogen-bond acceptors (Lipinski definition) is 2. The smallest absolute Gasteiger partial charge is 0.186 e. The number of rotatable bonds is 1. The van der Waals surface area contributed by atoms with Crippen LogP contribution in [0.1, 0.15) is 83.1 Å². The first-order valence-electron chi connectivity index (χ1n) is 11.5. The molecule has 172 valence electrons. The highest BCUT2D eigenvalue weighted by Crippen LogP contribution is 2.49. The summed E-state index contributed by atoms with van der Waals surface area (Å²) >= 11 is 0. The van der Waals surface area contributed by atoms with E-state index in [1.807, 2.05) is 18.2 Å². The number of ketones is 1. The zero-order chi connectivity index (χ0) is 24.2. The molecular weight excluding hydrogens is 380 g/mol. The summed E-state index contributed by atoms with van der Waals surface area (Å²) in [6.45, 7) is 25.5. The van der Waals surface area contributed by atoms with Crippen molar-refractivity contribution >= 4 is 5.78 Å². The van der Waals surface area contributed by atoms with Gasteiger partial charge in [0.15, 0.2) is 5.78 Å². The van der Waals surface area contributed by atoms with Crippen LogP contribution >= 0.6 is 0 Å². The van der Waals surface area contributed by atoms with E-state index in [2.05, 4.69) is 101 Å². The van der Waals surface area contributed by atoms with Crippen molar-refractivity contribution in [1.82, 2.24) is 0 Å². The van der Waals surface area contributed by atoms with Crippen molar-refractivity contribution in [1.29, 1.82) is 0 Å². The van der Waals surface area contributed by atoms with Crippen LogP contribution in [0.5, 0.6) is 0 Å². The molecule has 2 atom stereocenters. The van der Waals surface area contributed by atoms with Gasteiger partial charge in [-0.25, -0.2) is 0 Å². The van der Waals surface area contributed by atoms with Crippen LogP contribution in [-0.2, 0) is 4.79 Å². The Bertz CT molecular complexity index is 854. The normalized spacial score (nSPS) is 25.8. The largest absolute Gasteiger partial charge is 0.381 e. The fourth-order valence-corrected chi connectivity index (χ4v) is 4.78.